The van der Waals surface area contributed by atoms with Crippen molar-refractivity contribution in [1.29, 1.82) is 0 Å². The number of carboxylic acid groups (broad SMARTS) is 1. The first kappa shape index (κ1) is 16.5. The van der Waals surface area contributed by atoms with E-state index in [2.05, 4.69) is 33.4 Å². The Morgan fingerprint density at radius 2 is 1.62 bits per heavy atom. The van der Waals surface area contributed by atoms with Gasteiger partial charge >= 0.3 is 12.1 Å². The number of alkyl carbamates (subject to hydrolysis) is 1. The number of halogens is 1. The van der Waals surface area contributed by atoms with Gasteiger partial charge in [0.1, 0.15) is 12.6 Å². The number of alkyl halides is 1. The second-order valence-corrected chi connectivity index (χ2v) is 6.16. The lowest BCUT2D eigenvalue weighted by molar-refractivity contribution is -0.138. The average Bonchev–Trinajstić information content (AvgIpc) is 2.91. The first-order chi connectivity index (χ1) is 11.6. The van der Waals surface area contributed by atoms with E-state index < -0.39 is 18.1 Å². The smallest absolute Gasteiger partial charge is 0.407 e. The Morgan fingerprint density at radius 1 is 1.08 bits per heavy atom. The number of carboxylic acids is 1. The van der Waals surface area contributed by atoms with Crippen LogP contribution in [0, 0.1) is 0 Å². The van der Waals surface area contributed by atoms with Gasteiger partial charge in [-0.25, -0.2) is 9.59 Å². The third-order valence-corrected chi connectivity index (χ3v) is 4.74. The van der Waals surface area contributed by atoms with Gasteiger partial charge in [0.25, 0.3) is 0 Å². The van der Waals surface area contributed by atoms with Crippen LogP contribution < -0.4 is 5.32 Å². The number of carbonyl (C=O) groups excluding carboxylic acids is 1. The minimum atomic E-state index is -1.11. The topological polar surface area (TPSA) is 75.6 Å². The summed E-state index contributed by atoms with van der Waals surface area (Å²) in [5, 5.41) is 11.4. The van der Waals surface area contributed by atoms with Gasteiger partial charge in [0.05, 0.1) is 0 Å². The predicted molar refractivity (Wildman–Crippen MR) is 93.4 cm³/mol. The van der Waals surface area contributed by atoms with Gasteiger partial charge in [-0.15, -0.1) is 0 Å². The van der Waals surface area contributed by atoms with Crippen LogP contribution in [0.15, 0.2) is 48.5 Å². The Kier molecular flexibility index (Phi) is 4.85. The first-order valence-electron chi connectivity index (χ1n) is 7.52. The number of aliphatic carboxylic acids is 1. The molecule has 0 saturated carbocycles. The second kappa shape index (κ2) is 7.05. The summed E-state index contributed by atoms with van der Waals surface area (Å²) in [6, 6.07) is 15.0. The van der Waals surface area contributed by atoms with E-state index >= 15 is 0 Å². The number of ether oxygens (including phenoxy) is 1. The maximum atomic E-state index is 11.9. The van der Waals surface area contributed by atoms with E-state index in [-0.39, 0.29) is 17.9 Å². The number of carbonyl (C=O) groups is 2. The Labute approximate surface area is 147 Å². The molecule has 2 aromatic rings. The van der Waals surface area contributed by atoms with Crippen LogP contribution in [-0.4, -0.2) is 35.1 Å². The summed E-state index contributed by atoms with van der Waals surface area (Å²) in [4.78, 5) is 22.8. The Bertz CT molecular complexity index is 732. The molecule has 1 aliphatic rings. The van der Waals surface area contributed by atoms with Gasteiger partial charge in [-0.05, 0) is 22.3 Å². The molecule has 0 aromatic heterocycles. The molecule has 6 heteroatoms. The lowest BCUT2D eigenvalue weighted by Crippen LogP contribution is -2.42. The molecule has 0 radical (unpaired) electrons. The van der Waals surface area contributed by atoms with Crippen LogP contribution >= 0.6 is 15.9 Å². The molecule has 3 rings (SSSR count). The molecule has 0 unspecified atom stereocenters. The van der Waals surface area contributed by atoms with Crippen molar-refractivity contribution in [2.75, 3.05) is 11.9 Å². The van der Waals surface area contributed by atoms with Crippen LogP contribution in [0.3, 0.4) is 0 Å². The van der Waals surface area contributed by atoms with Crippen molar-refractivity contribution in [3.05, 3.63) is 59.7 Å². The lowest BCUT2D eigenvalue weighted by atomic mass is 9.98. The minimum Gasteiger partial charge on any atom is -0.480 e. The summed E-state index contributed by atoms with van der Waals surface area (Å²) in [6.07, 6.45) is -0.733. The SMILES string of the molecule is O=C(N[C@H](CBr)C(=O)O)OCC1c2ccccc2-c2ccccc21. The van der Waals surface area contributed by atoms with E-state index in [0.717, 1.165) is 22.3 Å². The number of amides is 1. The van der Waals surface area contributed by atoms with E-state index in [1.54, 1.807) is 0 Å². The van der Waals surface area contributed by atoms with Crippen molar-refractivity contribution in [1.82, 2.24) is 5.32 Å². The van der Waals surface area contributed by atoms with Gasteiger partial charge in [0, 0.05) is 11.2 Å². The molecule has 0 bridgehead atoms. The number of rotatable bonds is 5. The fourth-order valence-corrected chi connectivity index (χ4v) is 3.39. The van der Waals surface area contributed by atoms with Crippen molar-refractivity contribution in [2.45, 2.75) is 12.0 Å². The van der Waals surface area contributed by atoms with Gasteiger partial charge in [0.2, 0.25) is 0 Å². The molecular formula is C18H16BrNO4. The molecule has 1 atom stereocenters. The van der Waals surface area contributed by atoms with E-state index in [4.69, 9.17) is 9.84 Å². The molecular weight excluding hydrogens is 374 g/mol. The summed E-state index contributed by atoms with van der Waals surface area (Å²) >= 11 is 3.05. The number of hydrogen-bond donors (Lipinski definition) is 2. The average molecular weight is 390 g/mol. The van der Waals surface area contributed by atoms with Crippen LogP contribution in [-0.2, 0) is 9.53 Å². The van der Waals surface area contributed by atoms with Crippen LogP contribution in [0.4, 0.5) is 4.79 Å². The molecule has 0 fully saturated rings. The molecule has 24 heavy (non-hydrogen) atoms. The number of nitrogens with one attached hydrogen (secondary N) is 1. The standard InChI is InChI=1S/C18H16BrNO4/c19-9-16(17(21)22)20-18(23)24-10-15-13-7-3-1-5-11(13)12-6-2-4-8-14(12)15/h1-8,15-16H,9-10H2,(H,20,23)(H,21,22)/t16-/m1/s1. The summed E-state index contributed by atoms with van der Waals surface area (Å²) in [5.74, 6) is -1.16. The van der Waals surface area contributed by atoms with Crippen molar-refractivity contribution < 1.29 is 19.4 Å². The first-order valence-corrected chi connectivity index (χ1v) is 8.64. The maximum absolute atomic E-state index is 11.9. The molecule has 124 valence electrons. The third-order valence-electron chi connectivity index (χ3n) is 4.09. The van der Waals surface area contributed by atoms with Gasteiger partial charge < -0.3 is 15.2 Å². The summed E-state index contributed by atoms with van der Waals surface area (Å²) in [6.45, 7) is 0.161. The van der Waals surface area contributed by atoms with E-state index in [1.165, 1.54) is 0 Å². The highest BCUT2D eigenvalue weighted by Crippen LogP contribution is 2.44. The molecule has 0 aliphatic heterocycles. The van der Waals surface area contributed by atoms with E-state index in [0.29, 0.717) is 0 Å². The van der Waals surface area contributed by atoms with Crippen LogP contribution in [0.5, 0.6) is 0 Å². The van der Waals surface area contributed by atoms with Crippen LogP contribution in [0.1, 0.15) is 17.0 Å². The molecule has 2 aromatic carbocycles. The number of fused-ring (bicyclic) bond motifs is 3. The van der Waals surface area contributed by atoms with Crippen molar-refractivity contribution in [2.24, 2.45) is 0 Å². The van der Waals surface area contributed by atoms with Gasteiger partial charge in [-0.1, -0.05) is 64.5 Å². The van der Waals surface area contributed by atoms with Crippen molar-refractivity contribution in [3.8, 4) is 11.1 Å². The van der Waals surface area contributed by atoms with E-state index in [9.17, 15) is 9.59 Å². The van der Waals surface area contributed by atoms with E-state index in [1.807, 2.05) is 36.4 Å². The minimum absolute atomic E-state index is 0.0459. The zero-order valence-corrected chi connectivity index (χ0v) is 14.3. The Balaban J connectivity index is 1.74. The van der Waals surface area contributed by atoms with Gasteiger partial charge in [0.15, 0.2) is 0 Å². The monoisotopic (exact) mass is 389 g/mol. The quantitative estimate of drug-likeness (QED) is 0.768. The highest BCUT2D eigenvalue weighted by atomic mass is 79.9. The lowest BCUT2D eigenvalue weighted by Gasteiger charge is -2.16. The fraction of sp³-hybridized carbons (Fsp3) is 0.222. The Hall–Kier alpha value is -2.34. The molecule has 1 amide bonds. The van der Waals surface area contributed by atoms with Crippen LogP contribution in [0.2, 0.25) is 0 Å². The molecule has 5 nitrogen and oxygen atoms in total. The molecule has 2 N–H and O–H groups in total. The highest BCUT2D eigenvalue weighted by Gasteiger charge is 2.29. The third kappa shape index (κ3) is 3.14. The molecule has 0 heterocycles. The fourth-order valence-electron chi connectivity index (χ4n) is 2.95. The largest absolute Gasteiger partial charge is 0.480 e. The summed E-state index contributed by atoms with van der Waals surface area (Å²) < 4.78 is 5.29. The molecule has 1 aliphatic carbocycles. The summed E-state index contributed by atoms with van der Waals surface area (Å²) in [7, 11) is 0. The van der Waals surface area contributed by atoms with Crippen molar-refractivity contribution in [3.63, 3.8) is 0 Å². The maximum Gasteiger partial charge on any atom is 0.407 e. The number of benzene rings is 2. The van der Waals surface area contributed by atoms with Crippen LogP contribution in [0.25, 0.3) is 11.1 Å². The highest BCUT2D eigenvalue weighted by molar-refractivity contribution is 9.09. The molecule has 0 spiro atoms. The Morgan fingerprint density at radius 3 is 2.12 bits per heavy atom. The normalized spacial score (nSPS) is 13.7. The second-order valence-electron chi connectivity index (χ2n) is 5.52. The van der Waals surface area contributed by atoms with Gasteiger partial charge in [-0.3, -0.25) is 0 Å². The predicted octanol–water partition coefficient (Wildman–Crippen LogP) is 3.37. The zero-order chi connectivity index (χ0) is 17.1. The van der Waals surface area contributed by atoms with Gasteiger partial charge in [-0.2, -0.15) is 0 Å². The zero-order valence-electron chi connectivity index (χ0n) is 12.7. The van der Waals surface area contributed by atoms with Crippen molar-refractivity contribution >= 4 is 28.0 Å². The molecule has 0 saturated heterocycles. The number of hydrogen-bond acceptors (Lipinski definition) is 3. The summed E-state index contributed by atoms with van der Waals surface area (Å²) in [5.41, 5.74) is 4.51.